The summed E-state index contributed by atoms with van der Waals surface area (Å²) in [6.45, 7) is 48.6. The first-order chi connectivity index (χ1) is 21.5. The molecule has 0 saturated carbocycles. The number of hydrogen-bond donors (Lipinski definition) is 2. The summed E-state index contributed by atoms with van der Waals surface area (Å²) in [5.74, 6) is 0.284. The third-order valence-corrected chi connectivity index (χ3v) is 6.62. The van der Waals surface area contributed by atoms with E-state index in [9.17, 15) is 14.4 Å². The fraction of sp³-hybridized carbons (Fsp3) is 0.923. The van der Waals surface area contributed by atoms with Crippen LogP contribution in [0.2, 0.25) is 0 Å². The molecular formula is C39H86N2O5S2. The lowest BCUT2D eigenvalue weighted by molar-refractivity contribution is -0.151. The average molecular weight is 727 g/mol. The molecule has 2 N–H and O–H groups in total. The monoisotopic (exact) mass is 727 g/mol. The Morgan fingerprint density at radius 2 is 0.833 bits per heavy atom. The molecule has 0 rings (SSSR count). The van der Waals surface area contributed by atoms with Crippen LogP contribution in [0.5, 0.6) is 0 Å². The van der Waals surface area contributed by atoms with Crippen molar-refractivity contribution in [3.63, 3.8) is 0 Å². The number of nitrogens with one attached hydrogen (secondary N) is 2. The predicted molar refractivity (Wildman–Crippen MR) is 219 cm³/mol. The van der Waals surface area contributed by atoms with Gasteiger partial charge in [-0.25, -0.2) is 0 Å². The maximum atomic E-state index is 10.9. The first kappa shape index (κ1) is 59.4. The van der Waals surface area contributed by atoms with Gasteiger partial charge >= 0.3 is 5.97 Å². The molecule has 0 aliphatic heterocycles. The molecule has 0 aromatic carbocycles. The van der Waals surface area contributed by atoms with Gasteiger partial charge in [-0.1, -0.05) is 123 Å². The Bertz CT molecular complexity index is 606. The number of rotatable bonds is 12. The minimum Gasteiger partial charge on any atom is -0.463 e. The Kier molecular flexibility index (Phi) is 46.4. The molecule has 9 heteroatoms. The van der Waals surface area contributed by atoms with Gasteiger partial charge in [-0.3, -0.25) is 14.4 Å². The van der Waals surface area contributed by atoms with Crippen molar-refractivity contribution in [2.75, 3.05) is 0 Å². The fourth-order valence-electron chi connectivity index (χ4n) is 2.94. The van der Waals surface area contributed by atoms with E-state index in [1.54, 1.807) is 0 Å². The van der Waals surface area contributed by atoms with Crippen molar-refractivity contribution in [2.45, 2.75) is 218 Å². The first-order valence-corrected chi connectivity index (χ1v) is 20.1. The van der Waals surface area contributed by atoms with Crippen LogP contribution in [-0.4, -0.2) is 69.2 Å². The Morgan fingerprint density at radius 1 is 0.458 bits per heavy atom. The Labute approximate surface area is 310 Å². The molecule has 294 valence electrons. The zero-order valence-corrected chi connectivity index (χ0v) is 37.9. The highest BCUT2D eigenvalue weighted by Crippen LogP contribution is 2.15. The number of carbonyl (C=O) groups excluding carboxylic acids is 3. The lowest BCUT2D eigenvalue weighted by Gasteiger charge is -2.10. The molecule has 0 bridgehead atoms. The van der Waals surface area contributed by atoms with Crippen LogP contribution in [-0.2, 0) is 23.9 Å². The van der Waals surface area contributed by atoms with Gasteiger partial charge in [-0.15, -0.1) is 0 Å². The van der Waals surface area contributed by atoms with Crippen molar-refractivity contribution in [1.82, 2.24) is 10.6 Å². The maximum Gasteiger partial charge on any atom is 0.308 e. The smallest absolute Gasteiger partial charge is 0.308 e. The van der Waals surface area contributed by atoms with Crippen LogP contribution < -0.4 is 10.6 Å². The number of ether oxygens (including phenoxy) is 2. The van der Waals surface area contributed by atoms with Crippen LogP contribution in [0.25, 0.3) is 0 Å². The number of esters is 1. The van der Waals surface area contributed by atoms with E-state index in [-0.39, 0.29) is 41.8 Å². The van der Waals surface area contributed by atoms with Gasteiger partial charge in [0.05, 0.1) is 24.2 Å². The second-order valence-corrected chi connectivity index (χ2v) is 18.8. The molecule has 7 nitrogen and oxygen atoms in total. The normalized spacial score (nSPS) is 10.8. The van der Waals surface area contributed by atoms with Gasteiger partial charge in [-0.05, 0) is 65.9 Å². The SMILES string of the molecule is CC(C)NC(=O)C(C)C.CC(C)NC(C)C.CC(C)OC(=O)C(C)C.CC(C)OC(C)C.CC(C)SC(=O)C(C)C.CC(C)SC(C)C. The van der Waals surface area contributed by atoms with Crippen molar-refractivity contribution >= 4 is 40.5 Å². The molecule has 0 aromatic heterocycles. The van der Waals surface area contributed by atoms with Crippen LogP contribution in [0.4, 0.5) is 0 Å². The van der Waals surface area contributed by atoms with Gasteiger partial charge in [0.15, 0.2) is 5.12 Å². The Balaban J connectivity index is -0.000000111. The molecule has 0 unspecified atom stereocenters. The first-order valence-electron chi connectivity index (χ1n) is 18.3. The van der Waals surface area contributed by atoms with Crippen LogP contribution in [0.15, 0.2) is 0 Å². The second kappa shape index (κ2) is 37.5. The summed E-state index contributed by atoms with van der Waals surface area (Å²) in [5, 5.41) is 8.42. The quantitative estimate of drug-likeness (QED) is 0.192. The van der Waals surface area contributed by atoms with Crippen molar-refractivity contribution < 1.29 is 23.9 Å². The average Bonchev–Trinajstić information content (AvgIpc) is 2.82. The molecule has 0 heterocycles. The van der Waals surface area contributed by atoms with E-state index in [1.807, 2.05) is 123 Å². The minimum atomic E-state index is -0.120. The highest BCUT2D eigenvalue weighted by atomic mass is 32.2. The third-order valence-electron chi connectivity index (χ3n) is 4.36. The van der Waals surface area contributed by atoms with Crippen LogP contribution in [0.1, 0.15) is 166 Å². The van der Waals surface area contributed by atoms with Gasteiger partial charge in [-0.2, -0.15) is 11.8 Å². The van der Waals surface area contributed by atoms with Crippen LogP contribution >= 0.6 is 23.5 Å². The van der Waals surface area contributed by atoms with E-state index in [4.69, 9.17) is 9.47 Å². The summed E-state index contributed by atoms with van der Waals surface area (Å²) in [4.78, 5) is 32.5. The summed E-state index contributed by atoms with van der Waals surface area (Å²) in [7, 11) is 0. The molecule has 0 aromatic rings. The largest absolute Gasteiger partial charge is 0.463 e. The lowest BCUT2D eigenvalue weighted by Crippen LogP contribution is -2.33. The van der Waals surface area contributed by atoms with E-state index < -0.39 is 0 Å². The minimum absolute atomic E-state index is 0.00704. The van der Waals surface area contributed by atoms with E-state index in [0.29, 0.717) is 34.7 Å². The number of amides is 1. The van der Waals surface area contributed by atoms with E-state index in [2.05, 4.69) is 66.0 Å². The molecule has 48 heavy (non-hydrogen) atoms. The standard InChI is InChI=1S/C7H15NO.C7H14O2.C7H14OS.C6H15N.C6H14O.C6H14S/c1-5(2)7(9)8-6(3)4;2*1-5(2)7(8)9-6(3)4;3*1-5(2)7-6(3)4/h5-6H,1-4H3,(H,8,9);2*5-6H,1-4H3;5-7H,1-4H3;2*5-6H,1-4H3. The van der Waals surface area contributed by atoms with Crippen molar-refractivity contribution in [1.29, 1.82) is 0 Å². The second-order valence-electron chi connectivity index (χ2n) is 15.0. The van der Waals surface area contributed by atoms with E-state index >= 15 is 0 Å². The molecular weight excluding hydrogens is 641 g/mol. The number of hydrogen-bond acceptors (Lipinski definition) is 8. The molecule has 0 aliphatic rings. The van der Waals surface area contributed by atoms with Crippen molar-refractivity contribution in [2.24, 2.45) is 17.8 Å². The van der Waals surface area contributed by atoms with Crippen LogP contribution in [0.3, 0.4) is 0 Å². The summed E-state index contributed by atoms with van der Waals surface area (Å²) >= 11 is 3.43. The Morgan fingerprint density at radius 3 is 0.896 bits per heavy atom. The Hall–Kier alpha value is -0.770. The molecule has 0 spiro atoms. The summed E-state index contributed by atoms with van der Waals surface area (Å²) in [5.41, 5.74) is 0. The zero-order valence-electron chi connectivity index (χ0n) is 36.3. The lowest BCUT2D eigenvalue weighted by atomic mass is 10.2. The number of carbonyl (C=O) groups is 3. The van der Waals surface area contributed by atoms with Crippen molar-refractivity contribution in [3.8, 4) is 0 Å². The molecule has 0 radical (unpaired) electrons. The van der Waals surface area contributed by atoms with E-state index in [0.717, 1.165) is 10.5 Å². The van der Waals surface area contributed by atoms with E-state index in [1.165, 1.54) is 11.8 Å². The third kappa shape index (κ3) is 71.3. The van der Waals surface area contributed by atoms with Gasteiger partial charge in [0.25, 0.3) is 0 Å². The van der Waals surface area contributed by atoms with Gasteiger partial charge in [0.2, 0.25) is 5.91 Å². The molecule has 0 fully saturated rings. The highest BCUT2D eigenvalue weighted by molar-refractivity contribution is 8.14. The fourth-order valence-corrected chi connectivity index (χ4v) is 4.77. The summed E-state index contributed by atoms with van der Waals surface area (Å²) < 4.78 is 10.1. The molecule has 0 saturated heterocycles. The summed E-state index contributed by atoms with van der Waals surface area (Å²) in [6.07, 6.45) is 0.764. The highest BCUT2D eigenvalue weighted by Gasteiger charge is 2.10. The van der Waals surface area contributed by atoms with Gasteiger partial charge in [0.1, 0.15) is 0 Å². The maximum absolute atomic E-state index is 10.9. The molecule has 1 amide bonds. The summed E-state index contributed by atoms with van der Waals surface area (Å²) in [6, 6.07) is 1.51. The predicted octanol–water partition coefficient (Wildman–Crippen LogP) is 10.8. The zero-order chi connectivity index (χ0) is 39.9. The molecule has 0 aliphatic carbocycles. The van der Waals surface area contributed by atoms with Crippen LogP contribution in [0, 0.1) is 17.8 Å². The topological polar surface area (TPSA) is 93.7 Å². The van der Waals surface area contributed by atoms with Gasteiger partial charge in [0, 0.05) is 35.2 Å². The van der Waals surface area contributed by atoms with Gasteiger partial charge < -0.3 is 20.1 Å². The molecule has 0 atom stereocenters. The number of thioether (sulfide) groups is 2. The van der Waals surface area contributed by atoms with Crippen molar-refractivity contribution in [3.05, 3.63) is 0 Å².